The number of halogens is 2. The number of hydrogen-bond acceptors (Lipinski definition) is 3. The third-order valence-corrected chi connectivity index (χ3v) is 5.84. The lowest BCUT2D eigenvalue weighted by molar-refractivity contribution is 0.0474. The minimum atomic E-state index is -0.892. The van der Waals surface area contributed by atoms with E-state index in [0.29, 0.717) is 28.3 Å². The molecule has 5 nitrogen and oxygen atoms in total. The SMILES string of the molecule is CN(CC1CC(Oc2ccc(Cl)c(CN3CCCC3)c2Cl)C1)C(=O)O. The van der Waals surface area contributed by atoms with E-state index in [0.717, 1.165) is 38.0 Å². The van der Waals surface area contributed by atoms with Gasteiger partial charge >= 0.3 is 6.09 Å². The number of ether oxygens (including phenoxy) is 1. The topological polar surface area (TPSA) is 53.0 Å². The van der Waals surface area contributed by atoms with Gasteiger partial charge in [-0.05, 0) is 56.8 Å². The Morgan fingerprint density at radius 1 is 1.32 bits per heavy atom. The molecule has 1 aliphatic heterocycles. The summed E-state index contributed by atoms with van der Waals surface area (Å²) in [5, 5.41) is 10.2. The molecule has 0 aromatic heterocycles. The molecule has 138 valence electrons. The molecule has 2 aliphatic rings. The molecule has 0 radical (unpaired) electrons. The molecule has 3 rings (SSSR count). The van der Waals surface area contributed by atoms with Crippen LogP contribution in [-0.2, 0) is 6.54 Å². The van der Waals surface area contributed by atoms with E-state index in [1.54, 1.807) is 7.05 Å². The Bertz CT molecular complexity index is 629. The summed E-state index contributed by atoms with van der Waals surface area (Å²) in [6.45, 7) is 3.47. The van der Waals surface area contributed by atoms with Crippen LogP contribution in [0.25, 0.3) is 0 Å². The second-order valence-corrected chi connectivity index (χ2v) is 7.85. The number of rotatable bonds is 6. The highest BCUT2D eigenvalue weighted by Crippen LogP contribution is 2.38. The van der Waals surface area contributed by atoms with Crippen molar-refractivity contribution in [2.24, 2.45) is 5.92 Å². The van der Waals surface area contributed by atoms with E-state index in [1.807, 2.05) is 12.1 Å². The summed E-state index contributed by atoms with van der Waals surface area (Å²) in [5.74, 6) is 1.02. The summed E-state index contributed by atoms with van der Waals surface area (Å²) in [7, 11) is 1.59. The van der Waals surface area contributed by atoms with Crippen molar-refractivity contribution in [3.05, 3.63) is 27.7 Å². The van der Waals surface area contributed by atoms with Crippen LogP contribution in [0.1, 0.15) is 31.2 Å². The summed E-state index contributed by atoms with van der Waals surface area (Å²) in [4.78, 5) is 14.5. The second-order valence-electron chi connectivity index (χ2n) is 7.06. The van der Waals surface area contributed by atoms with Crippen molar-refractivity contribution < 1.29 is 14.6 Å². The van der Waals surface area contributed by atoms with Crippen molar-refractivity contribution in [3.63, 3.8) is 0 Å². The first kappa shape index (κ1) is 18.6. The molecule has 25 heavy (non-hydrogen) atoms. The van der Waals surface area contributed by atoms with Crippen molar-refractivity contribution in [2.45, 2.75) is 38.3 Å². The minimum Gasteiger partial charge on any atom is -0.489 e. The molecule has 0 unspecified atom stereocenters. The molecule has 2 fully saturated rings. The molecule has 1 amide bonds. The molecule has 1 aromatic carbocycles. The lowest BCUT2D eigenvalue weighted by Crippen LogP contribution is -2.41. The van der Waals surface area contributed by atoms with Gasteiger partial charge in [-0.3, -0.25) is 4.90 Å². The fourth-order valence-corrected chi connectivity index (χ4v) is 4.08. The number of nitrogens with zero attached hydrogens (tertiary/aromatic N) is 2. The highest BCUT2D eigenvalue weighted by molar-refractivity contribution is 6.36. The molecule has 1 aliphatic carbocycles. The van der Waals surface area contributed by atoms with Gasteiger partial charge in [0.05, 0.1) is 11.1 Å². The number of carboxylic acid groups (broad SMARTS) is 1. The van der Waals surface area contributed by atoms with E-state index in [1.165, 1.54) is 17.7 Å². The normalized spacial score (nSPS) is 23.3. The van der Waals surface area contributed by atoms with Crippen LogP contribution in [0, 0.1) is 5.92 Å². The maximum atomic E-state index is 10.9. The fraction of sp³-hybridized carbons (Fsp3) is 0.611. The van der Waals surface area contributed by atoms with E-state index in [2.05, 4.69) is 4.90 Å². The lowest BCUT2D eigenvalue weighted by atomic mass is 9.82. The molecule has 1 heterocycles. The van der Waals surface area contributed by atoms with Gasteiger partial charge in [-0.1, -0.05) is 23.2 Å². The predicted molar refractivity (Wildman–Crippen MR) is 98.8 cm³/mol. The van der Waals surface area contributed by atoms with Gasteiger partial charge in [0.2, 0.25) is 0 Å². The highest BCUT2D eigenvalue weighted by atomic mass is 35.5. The Balaban J connectivity index is 1.57. The lowest BCUT2D eigenvalue weighted by Gasteiger charge is -2.37. The molecule has 0 atom stereocenters. The molecule has 1 saturated carbocycles. The fourth-order valence-electron chi connectivity index (χ4n) is 3.54. The maximum Gasteiger partial charge on any atom is 0.407 e. The van der Waals surface area contributed by atoms with Crippen LogP contribution in [0.15, 0.2) is 12.1 Å². The van der Waals surface area contributed by atoms with Gasteiger partial charge in [-0.15, -0.1) is 0 Å². The van der Waals surface area contributed by atoms with Crippen LogP contribution in [0.2, 0.25) is 10.0 Å². The average molecular weight is 387 g/mol. The first-order valence-corrected chi connectivity index (χ1v) is 9.49. The summed E-state index contributed by atoms with van der Waals surface area (Å²) >= 11 is 12.9. The van der Waals surface area contributed by atoms with Crippen LogP contribution in [0.3, 0.4) is 0 Å². The van der Waals surface area contributed by atoms with Crippen molar-refractivity contribution >= 4 is 29.3 Å². The van der Waals surface area contributed by atoms with Gasteiger partial charge in [0.1, 0.15) is 5.75 Å². The van der Waals surface area contributed by atoms with E-state index in [4.69, 9.17) is 33.0 Å². The molecule has 0 bridgehead atoms. The predicted octanol–water partition coefficient (Wildman–Crippen LogP) is 4.36. The van der Waals surface area contributed by atoms with Crippen molar-refractivity contribution in [1.29, 1.82) is 0 Å². The molecule has 0 spiro atoms. The molecule has 1 aromatic rings. The van der Waals surface area contributed by atoms with Gasteiger partial charge in [0.15, 0.2) is 0 Å². The van der Waals surface area contributed by atoms with E-state index >= 15 is 0 Å². The van der Waals surface area contributed by atoms with Gasteiger partial charge < -0.3 is 14.7 Å². The first-order valence-electron chi connectivity index (χ1n) is 8.74. The van der Waals surface area contributed by atoms with E-state index < -0.39 is 6.09 Å². The summed E-state index contributed by atoms with van der Waals surface area (Å²) in [6, 6.07) is 3.68. The van der Waals surface area contributed by atoms with Gasteiger partial charge in [-0.25, -0.2) is 4.79 Å². The zero-order valence-corrected chi connectivity index (χ0v) is 15.9. The van der Waals surface area contributed by atoms with Crippen LogP contribution in [-0.4, -0.2) is 53.8 Å². The largest absolute Gasteiger partial charge is 0.489 e. The quantitative estimate of drug-likeness (QED) is 0.788. The molecule has 1 saturated heterocycles. The monoisotopic (exact) mass is 386 g/mol. The minimum absolute atomic E-state index is 0.0884. The number of benzene rings is 1. The Hall–Kier alpha value is -1.17. The van der Waals surface area contributed by atoms with Gasteiger partial charge in [0.25, 0.3) is 0 Å². The maximum absolute atomic E-state index is 10.9. The third-order valence-electron chi connectivity index (χ3n) is 5.08. The van der Waals surface area contributed by atoms with Crippen molar-refractivity contribution in [2.75, 3.05) is 26.7 Å². The Labute approximate surface area is 158 Å². The molecular weight excluding hydrogens is 363 g/mol. The van der Waals surface area contributed by atoms with Crippen LogP contribution in [0.5, 0.6) is 5.75 Å². The Kier molecular flexibility index (Phi) is 5.97. The molecule has 7 heteroatoms. The third kappa shape index (κ3) is 4.52. The summed E-state index contributed by atoms with van der Waals surface area (Å²) < 4.78 is 6.04. The Morgan fingerprint density at radius 2 is 2.00 bits per heavy atom. The van der Waals surface area contributed by atoms with Gasteiger partial charge in [0, 0.05) is 30.7 Å². The van der Waals surface area contributed by atoms with Crippen LogP contribution >= 0.6 is 23.2 Å². The molecule has 1 N–H and O–H groups in total. The van der Waals surface area contributed by atoms with E-state index in [9.17, 15) is 4.79 Å². The first-order chi connectivity index (χ1) is 11.9. The summed E-state index contributed by atoms with van der Waals surface area (Å²) in [6.07, 6.45) is 3.33. The second kappa shape index (κ2) is 8.02. The molecular formula is C18H24Cl2N2O3. The van der Waals surface area contributed by atoms with Crippen molar-refractivity contribution in [3.8, 4) is 5.75 Å². The zero-order valence-electron chi connectivity index (χ0n) is 14.4. The smallest absolute Gasteiger partial charge is 0.407 e. The van der Waals surface area contributed by atoms with Crippen molar-refractivity contribution in [1.82, 2.24) is 9.80 Å². The zero-order chi connectivity index (χ0) is 18.0. The number of likely N-dealkylation sites (tertiary alicyclic amines) is 1. The van der Waals surface area contributed by atoms with Crippen LogP contribution in [0.4, 0.5) is 4.79 Å². The summed E-state index contributed by atoms with van der Waals surface area (Å²) in [5.41, 5.74) is 0.934. The number of amides is 1. The number of carbonyl (C=O) groups is 1. The average Bonchev–Trinajstić information content (AvgIpc) is 3.04. The van der Waals surface area contributed by atoms with Gasteiger partial charge in [-0.2, -0.15) is 0 Å². The van der Waals surface area contributed by atoms with Crippen LogP contribution < -0.4 is 4.74 Å². The standard InChI is InChI=1S/C18H24Cl2N2O3/c1-21(18(23)24)10-12-8-13(9-12)25-16-5-4-15(19)14(17(16)20)11-22-6-2-3-7-22/h4-5,12-13H,2-3,6-11H2,1H3,(H,23,24). The highest BCUT2D eigenvalue weighted by Gasteiger charge is 2.33. The Morgan fingerprint density at radius 3 is 2.64 bits per heavy atom. The van der Waals surface area contributed by atoms with E-state index in [-0.39, 0.29) is 6.10 Å². The number of hydrogen-bond donors (Lipinski definition) is 1.